The molecule has 1 N–H and O–H groups in total. The molecule has 14 heavy (non-hydrogen) atoms. The molecule has 0 aliphatic rings. The van der Waals surface area contributed by atoms with Crippen LogP contribution >= 0.6 is 0 Å². The van der Waals surface area contributed by atoms with E-state index in [4.69, 9.17) is 4.55 Å². The summed E-state index contributed by atoms with van der Waals surface area (Å²) in [5, 5.41) is 4.02. The average molecular weight is 208 g/mol. The lowest BCUT2D eigenvalue weighted by molar-refractivity contribution is 0.564. The van der Waals surface area contributed by atoms with E-state index in [-0.39, 0.29) is 0 Å². The molecule has 0 aliphatic carbocycles. The van der Waals surface area contributed by atoms with E-state index in [1.54, 1.807) is 41.3 Å². The van der Waals surface area contributed by atoms with E-state index in [0.717, 1.165) is 5.69 Å². The van der Waals surface area contributed by atoms with Gasteiger partial charge in [-0.05, 0) is 24.3 Å². The van der Waals surface area contributed by atoms with Crippen molar-refractivity contribution in [1.29, 1.82) is 0 Å². The van der Waals surface area contributed by atoms with Gasteiger partial charge in [-0.1, -0.05) is 6.07 Å². The normalized spacial score (nSPS) is 12.6. The van der Waals surface area contributed by atoms with Crippen molar-refractivity contribution in [2.24, 2.45) is 0 Å². The minimum atomic E-state index is -1.94. The molecule has 0 fully saturated rings. The highest BCUT2D eigenvalue weighted by Gasteiger charge is 2.01. The molecule has 5 heteroatoms. The van der Waals surface area contributed by atoms with Crippen molar-refractivity contribution >= 4 is 11.1 Å². The van der Waals surface area contributed by atoms with E-state index < -0.39 is 11.1 Å². The second-order valence-electron chi connectivity index (χ2n) is 2.70. The minimum Gasteiger partial charge on any atom is -0.302 e. The standard InChI is InChI=1S/C9H8N2O2S/c12-14(13)9-4-1-3-8(7-9)11-6-2-5-10-11/h1-7H,(H,12,13). The van der Waals surface area contributed by atoms with Gasteiger partial charge in [-0.2, -0.15) is 5.10 Å². The Morgan fingerprint density at radius 2 is 2.21 bits per heavy atom. The van der Waals surface area contributed by atoms with E-state index in [0.29, 0.717) is 4.90 Å². The molecule has 1 atom stereocenters. The zero-order valence-electron chi connectivity index (χ0n) is 7.20. The molecule has 1 aromatic carbocycles. The molecule has 72 valence electrons. The van der Waals surface area contributed by atoms with Gasteiger partial charge in [0.25, 0.3) is 0 Å². The summed E-state index contributed by atoms with van der Waals surface area (Å²) in [6, 6.07) is 8.57. The van der Waals surface area contributed by atoms with Crippen molar-refractivity contribution in [2.45, 2.75) is 4.90 Å². The van der Waals surface area contributed by atoms with E-state index in [1.807, 2.05) is 6.07 Å². The Balaban J connectivity index is 2.46. The van der Waals surface area contributed by atoms with E-state index in [1.165, 1.54) is 0 Å². The van der Waals surface area contributed by atoms with Crippen molar-refractivity contribution in [3.63, 3.8) is 0 Å². The summed E-state index contributed by atoms with van der Waals surface area (Å²) in [6.45, 7) is 0. The molecule has 0 aliphatic heterocycles. The first kappa shape index (κ1) is 9.11. The first-order chi connectivity index (χ1) is 6.77. The Morgan fingerprint density at radius 1 is 1.36 bits per heavy atom. The molecule has 1 aromatic heterocycles. The maximum Gasteiger partial charge on any atom is 0.186 e. The van der Waals surface area contributed by atoms with Crippen LogP contribution in [0, 0.1) is 0 Å². The van der Waals surface area contributed by atoms with Crippen LogP contribution in [0.2, 0.25) is 0 Å². The first-order valence-corrected chi connectivity index (χ1v) is 5.09. The molecular weight excluding hydrogens is 200 g/mol. The fraction of sp³-hybridized carbons (Fsp3) is 0. The van der Waals surface area contributed by atoms with Crippen molar-refractivity contribution in [1.82, 2.24) is 9.78 Å². The molecule has 0 spiro atoms. The summed E-state index contributed by atoms with van der Waals surface area (Å²) in [6.07, 6.45) is 3.43. The van der Waals surface area contributed by atoms with Crippen LogP contribution in [0.1, 0.15) is 0 Å². The van der Waals surface area contributed by atoms with Crippen LogP contribution in [0.25, 0.3) is 5.69 Å². The highest BCUT2D eigenvalue weighted by atomic mass is 32.2. The molecule has 1 heterocycles. The summed E-state index contributed by atoms with van der Waals surface area (Å²) in [7, 11) is 0. The number of hydrogen-bond acceptors (Lipinski definition) is 2. The van der Waals surface area contributed by atoms with Gasteiger partial charge < -0.3 is 4.55 Å². The van der Waals surface area contributed by atoms with Gasteiger partial charge in [0, 0.05) is 12.4 Å². The van der Waals surface area contributed by atoms with Crippen LogP contribution in [-0.2, 0) is 11.1 Å². The predicted molar refractivity (Wildman–Crippen MR) is 52.6 cm³/mol. The number of benzene rings is 1. The largest absolute Gasteiger partial charge is 0.302 e. The van der Waals surface area contributed by atoms with Gasteiger partial charge in [-0.3, -0.25) is 0 Å². The zero-order valence-corrected chi connectivity index (χ0v) is 8.02. The van der Waals surface area contributed by atoms with Gasteiger partial charge in [-0.15, -0.1) is 0 Å². The zero-order chi connectivity index (χ0) is 9.97. The SMILES string of the molecule is O=S(O)c1cccc(-n2cccn2)c1. The third kappa shape index (κ3) is 1.73. The average Bonchev–Trinajstić information content (AvgIpc) is 2.71. The summed E-state index contributed by atoms with van der Waals surface area (Å²) in [4.78, 5) is 0.373. The number of rotatable bonds is 2. The molecule has 0 saturated carbocycles. The lowest BCUT2D eigenvalue weighted by atomic mass is 10.3. The summed E-state index contributed by atoms with van der Waals surface area (Å²) in [5.41, 5.74) is 0.773. The second kappa shape index (κ2) is 3.73. The van der Waals surface area contributed by atoms with E-state index >= 15 is 0 Å². The van der Waals surface area contributed by atoms with Crippen molar-refractivity contribution in [2.75, 3.05) is 0 Å². The third-order valence-corrected chi connectivity index (χ3v) is 2.45. The quantitative estimate of drug-likeness (QED) is 0.760. The van der Waals surface area contributed by atoms with Crippen LogP contribution < -0.4 is 0 Å². The van der Waals surface area contributed by atoms with E-state index in [2.05, 4.69) is 5.10 Å². The van der Waals surface area contributed by atoms with Crippen LogP contribution in [-0.4, -0.2) is 18.5 Å². The Kier molecular flexibility index (Phi) is 2.43. The van der Waals surface area contributed by atoms with Crippen molar-refractivity contribution < 1.29 is 8.76 Å². The topological polar surface area (TPSA) is 55.1 Å². The van der Waals surface area contributed by atoms with E-state index in [9.17, 15) is 4.21 Å². The van der Waals surface area contributed by atoms with Crippen LogP contribution in [0.5, 0.6) is 0 Å². The smallest absolute Gasteiger partial charge is 0.186 e. The fourth-order valence-corrected chi connectivity index (χ4v) is 1.57. The van der Waals surface area contributed by atoms with Crippen molar-refractivity contribution in [3.8, 4) is 5.69 Å². The third-order valence-electron chi connectivity index (χ3n) is 1.79. The predicted octanol–water partition coefficient (Wildman–Crippen LogP) is 1.45. The summed E-state index contributed by atoms with van der Waals surface area (Å²) >= 11 is -1.94. The number of aromatic nitrogens is 2. The summed E-state index contributed by atoms with van der Waals surface area (Å²) in [5.74, 6) is 0. The number of hydrogen-bond donors (Lipinski definition) is 1. The molecular formula is C9H8N2O2S. The van der Waals surface area contributed by atoms with Crippen LogP contribution in [0.4, 0.5) is 0 Å². The monoisotopic (exact) mass is 208 g/mol. The second-order valence-corrected chi connectivity index (χ2v) is 3.67. The lowest BCUT2D eigenvalue weighted by Gasteiger charge is -2.01. The Morgan fingerprint density at radius 3 is 2.86 bits per heavy atom. The fourth-order valence-electron chi connectivity index (χ4n) is 1.16. The lowest BCUT2D eigenvalue weighted by Crippen LogP contribution is -1.96. The Labute approximate surface area is 83.5 Å². The molecule has 2 rings (SSSR count). The molecule has 2 aromatic rings. The highest BCUT2D eigenvalue weighted by molar-refractivity contribution is 7.79. The van der Waals surface area contributed by atoms with Crippen LogP contribution in [0.15, 0.2) is 47.6 Å². The Hall–Kier alpha value is -1.46. The number of nitrogens with zero attached hydrogens (tertiary/aromatic N) is 2. The van der Waals surface area contributed by atoms with Crippen LogP contribution in [0.3, 0.4) is 0 Å². The summed E-state index contributed by atoms with van der Waals surface area (Å²) < 4.78 is 21.3. The van der Waals surface area contributed by atoms with Crippen molar-refractivity contribution in [3.05, 3.63) is 42.7 Å². The van der Waals surface area contributed by atoms with Gasteiger partial charge in [0.2, 0.25) is 0 Å². The molecule has 0 saturated heterocycles. The van der Waals surface area contributed by atoms with Gasteiger partial charge in [-0.25, -0.2) is 8.89 Å². The first-order valence-electron chi connectivity index (χ1n) is 3.98. The minimum absolute atomic E-state index is 0.373. The molecule has 0 amide bonds. The maximum atomic E-state index is 10.8. The van der Waals surface area contributed by atoms with Gasteiger partial charge >= 0.3 is 0 Å². The molecule has 1 unspecified atom stereocenters. The molecule has 4 nitrogen and oxygen atoms in total. The Bertz CT molecular complexity index is 454. The molecule has 0 bridgehead atoms. The maximum absolute atomic E-state index is 10.8. The van der Waals surface area contributed by atoms with Gasteiger partial charge in [0.1, 0.15) is 0 Å². The highest BCUT2D eigenvalue weighted by Crippen LogP contribution is 2.11. The molecule has 0 radical (unpaired) electrons. The van der Waals surface area contributed by atoms with Gasteiger partial charge in [0.15, 0.2) is 11.1 Å². The van der Waals surface area contributed by atoms with Gasteiger partial charge in [0.05, 0.1) is 10.6 Å².